The molecule has 4 atom stereocenters. The zero-order valence-corrected chi connectivity index (χ0v) is 13.2. The zero-order valence-electron chi connectivity index (χ0n) is 12.5. The average molecular weight is 283 g/mol. The molecule has 1 unspecified atom stereocenters. The number of rotatable bonds is 5. The summed E-state index contributed by atoms with van der Waals surface area (Å²) in [7, 11) is 0. The maximum atomic E-state index is 12.4. The quantitative estimate of drug-likeness (QED) is 0.401. The molecule has 2 rings (SSSR count). The molecular weight excluding hydrogens is 256 g/mol. The highest BCUT2D eigenvalue weighted by Crippen LogP contribution is 2.64. The average Bonchev–Trinajstić information content (AvgIpc) is 2.88. The minimum absolute atomic E-state index is 0.313. The molecule has 0 bridgehead atoms. The largest absolute Gasteiger partial charge is 0.299 e. The van der Waals surface area contributed by atoms with Gasteiger partial charge < -0.3 is 0 Å². The number of carbonyl (C=O) groups is 1. The molecular formula is C17H27ClO. The lowest BCUT2D eigenvalue weighted by molar-refractivity contribution is -0.124. The summed E-state index contributed by atoms with van der Waals surface area (Å²) in [5.41, 5.74) is 0.429. The minimum Gasteiger partial charge on any atom is -0.299 e. The van der Waals surface area contributed by atoms with Gasteiger partial charge in [-0.25, -0.2) is 0 Å². The monoisotopic (exact) mass is 282 g/mol. The van der Waals surface area contributed by atoms with Gasteiger partial charge in [-0.05, 0) is 48.9 Å². The summed E-state index contributed by atoms with van der Waals surface area (Å²) >= 11 is 5.60. The molecule has 1 nitrogen and oxygen atoms in total. The molecule has 2 heteroatoms. The molecule has 0 heterocycles. The van der Waals surface area contributed by atoms with Crippen molar-refractivity contribution in [1.82, 2.24) is 0 Å². The van der Waals surface area contributed by atoms with Crippen LogP contribution in [0.3, 0.4) is 0 Å². The molecule has 0 N–H and O–H groups in total. The first kappa shape index (κ1) is 15.1. The van der Waals surface area contributed by atoms with Crippen molar-refractivity contribution in [2.75, 3.05) is 5.88 Å². The highest BCUT2D eigenvalue weighted by Gasteiger charge is 2.59. The fraction of sp³-hybridized carbons (Fsp3) is 0.824. The van der Waals surface area contributed by atoms with Crippen LogP contribution in [0.15, 0.2) is 12.2 Å². The van der Waals surface area contributed by atoms with Gasteiger partial charge in [0.1, 0.15) is 5.78 Å². The Hall–Kier alpha value is -0.300. The van der Waals surface area contributed by atoms with Crippen LogP contribution in [0.1, 0.15) is 52.9 Å². The van der Waals surface area contributed by atoms with Crippen molar-refractivity contribution in [1.29, 1.82) is 0 Å². The molecule has 0 aromatic rings. The van der Waals surface area contributed by atoms with Gasteiger partial charge in [-0.15, -0.1) is 11.6 Å². The third-order valence-corrected chi connectivity index (χ3v) is 5.76. The summed E-state index contributed by atoms with van der Waals surface area (Å²) in [5, 5.41) is 0. The second-order valence-corrected chi connectivity index (χ2v) is 7.39. The lowest BCUT2D eigenvalue weighted by Gasteiger charge is -2.22. The lowest BCUT2D eigenvalue weighted by Crippen LogP contribution is -2.22. The van der Waals surface area contributed by atoms with E-state index in [1.165, 1.54) is 6.42 Å². The van der Waals surface area contributed by atoms with Crippen molar-refractivity contribution in [2.45, 2.75) is 52.9 Å². The fourth-order valence-corrected chi connectivity index (χ4v) is 4.19. The highest BCUT2D eigenvalue weighted by molar-refractivity contribution is 6.18. The number of hydrogen-bond donors (Lipinski definition) is 0. The Balaban J connectivity index is 1.85. The van der Waals surface area contributed by atoms with Crippen LogP contribution >= 0.6 is 11.6 Å². The number of Topliss-reactive ketones (excluding diaryl/α,β-unsaturated/α-hetero) is 1. The van der Waals surface area contributed by atoms with Crippen LogP contribution in [0.4, 0.5) is 0 Å². The van der Waals surface area contributed by atoms with Crippen LogP contribution in [0.25, 0.3) is 0 Å². The number of unbranched alkanes of at least 4 members (excludes halogenated alkanes) is 1. The first-order valence-corrected chi connectivity index (χ1v) is 8.25. The Morgan fingerprint density at radius 2 is 2.05 bits per heavy atom. The molecule has 0 aromatic heterocycles. The smallest absolute Gasteiger partial charge is 0.136 e. The van der Waals surface area contributed by atoms with Gasteiger partial charge in [0, 0.05) is 18.2 Å². The second-order valence-electron chi connectivity index (χ2n) is 7.08. The number of alkyl halides is 1. The van der Waals surface area contributed by atoms with Crippen LogP contribution in [0, 0.1) is 29.1 Å². The van der Waals surface area contributed by atoms with E-state index in [0.717, 1.165) is 31.6 Å². The summed E-state index contributed by atoms with van der Waals surface area (Å²) in [6, 6.07) is 0. The molecule has 2 aliphatic rings. The molecule has 0 spiro atoms. The van der Waals surface area contributed by atoms with Crippen LogP contribution in [0.2, 0.25) is 0 Å². The SMILES string of the molecule is C[C@@H]1C[C@@H]2[C@H](CC(=O)C1CCC/C=C/CCl)C2(C)C. The number of fused-ring (bicyclic) bond motifs is 1. The summed E-state index contributed by atoms with van der Waals surface area (Å²) in [6.45, 7) is 6.95. The lowest BCUT2D eigenvalue weighted by atomic mass is 9.81. The van der Waals surface area contributed by atoms with Crippen molar-refractivity contribution >= 4 is 17.4 Å². The first-order valence-electron chi connectivity index (χ1n) is 7.72. The number of ketones is 1. The Labute approximate surface area is 122 Å². The third-order valence-electron chi connectivity index (χ3n) is 5.58. The molecule has 0 saturated heterocycles. The van der Waals surface area contributed by atoms with E-state index < -0.39 is 0 Å². The number of halogens is 1. The number of allylic oxidation sites excluding steroid dienone is 2. The fourth-order valence-electron chi connectivity index (χ4n) is 4.06. The predicted octanol–water partition coefficient (Wildman–Crippen LogP) is 4.84. The Bertz CT molecular complexity index is 358. The van der Waals surface area contributed by atoms with Crippen LogP contribution in [-0.2, 0) is 4.79 Å². The van der Waals surface area contributed by atoms with E-state index >= 15 is 0 Å². The van der Waals surface area contributed by atoms with E-state index in [4.69, 9.17) is 11.6 Å². The van der Waals surface area contributed by atoms with Gasteiger partial charge in [0.15, 0.2) is 0 Å². The van der Waals surface area contributed by atoms with E-state index in [2.05, 4.69) is 26.8 Å². The van der Waals surface area contributed by atoms with Crippen molar-refractivity contribution in [3.05, 3.63) is 12.2 Å². The molecule has 0 aliphatic heterocycles. The van der Waals surface area contributed by atoms with Gasteiger partial charge >= 0.3 is 0 Å². The number of hydrogen-bond acceptors (Lipinski definition) is 1. The van der Waals surface area contributed by atoms with Crippen molar-refractivity contribution in [3.8, 4) is 0 Å². The molecule has 0 radical (unpaired) electrons. The van der Waals surface area contributed by atoms with Crippen LogP contribution < -0.4 is 0 Å². The highest BCUT2D eigenvalue weighted by atomic mass is 35.5. The maximum Gasteiger partial charge on any atom is 0.136 e. The third kappa shape index (κ3) is 3.24. The van der Waals surface area contributed by atoms with Gasteiger partial charge in [-0.1, -0.05) is 32.9 Å². The molecule has 108 valence electrons. The molecule has 19 heavy (non-hydrogen) atoms. The summed E-state index contributed by atoms with van der Waals surface area (Å²) in [4.78, 5) is 12.4. The van der Waals surface area contributed by atoms with Gasteiger partial charge in [-0.2, -0.15) is 0 Å². The van der Waals surface area contributed by atoms with Gasteiger partial charge in [0.25, 0.3) is 0 Å². The van der Waals surface area contributed by atoms with Gasteiger partial charge in [-0.3, -0.25) is 4.79 Å². The topological polar surface area (TPSA) is 17.1 Å². The van der Waals surface area contributed by atoms with Crippen molar-refractivity contribution in [2.24, 2.45) is 29.1 Å². The maximum absolute atomic E-state index is 12.4. The molecule has 2 fully saturated rings. The molecule has 2 aliphatic carbocycles. The zero-order chi connectivity index (χ0) is 14.0. The van der Waals surface area contributed by atoms with Crippen LogP contribution in [-0.4, -0.2) is 11.7 Å². The summed E-state index contributed by atoms with van der Waals surface area (Å²) in [5.74, 6) is 3.48. The van der Waals surface area contributed by atoms with E-state index in [1.54, 1.807) is 0 Å². The molecule has 0 aromatic carbocycles. The second kappa shape index (κ2) is 5.99. The Morgan fingerprint density at radius 3 is 2.74 bits per heavy atom. The summed E-state index contributed by atoms with van der Waals surface area (Å²) < 4.78 is 0. The molecule has 2 saturated carbocycles. The van der Waals surface area contributed by atoms with E-state index in [1.807, 2.05) is 6.08 Å². The van der Waals surface area contributed by atoms with E-state index in [9.17, 15) is 4.79 Å². The molecule has 0 amide bonds. The minimum atomic E-state index is 0.313. The Kier molecular flexibility index (Phi) is 4.76. The van der Waals surface area contributed by atoms with Crippen LogP contribution in [0.5, 0.6) is 0 Å². The standard InChI is InChI=1S/C17H27ClO/c1-12-10-14-15(17(14,2)3)11-16(19)13(12)8-6-4-5-7-9-18/h5,7,12-15H,4,6,8-11H2,1-3H3/b7-5+/t12-,13?,14-,15+/m1/s1. The predicted molar refractivity (Wildman–Crippen MR) is 81.4 cm³/mol. The first-order chi connectivity index (χ1) is 8.98. The Morgan fingerprint density at radius 1 is 1.32 bits per heavy atom. The van der Waals surface area contributed by atoms with Gasteiger partial charge in [0.05, 0.1) is 0 Å². The normalized spacial score (nSPS) is 37.2. The van der Waals surface area contributed by atoms with E-state index in [0.29, 0.717) is 34.8 Å². The number of carbonyl (C=O) groups excluding carboxylic acids is 1. The van der Waals surface area contributed by atoms with Crippen molar-refractivity contribution in [3.63, 3.8) is 0 Å². The van der Waals surface area contributed by atoms with E-state index in [-0.39, 0.29) is 0 Å². The summed E-state index contributed by atoms with van der Waals surface area (Å²) in [6.07, 6.45) is 9.47. The van der Waals surface area contributed by atoms with Gasteiger partial charge in [0.2, 0.25) is 0 Å². The van der Waals surface area contributed by atoms with Crippen molar-refractivity contribution < 1.29 is 4.79 Å².